The average Bonchev–Trinajstić information content (AvgIpc) is 2.21. The van der Waals surface area contributed by atoms with Crippen molar-refractivity contribution in [3.8, 4) is 0 Å². The van der Waals surface area contributed by atoms with Crippen molar-refractivity contribution in [1.29, 1.82) is 0 Å². The second-order valence-corrected chi connectivity index (χ2v) is 5.08. The maximum absolute atomic E-state index is 6.09. The van der Waals surface area contributed by atoms with Crippen molar-refractivity contribution >= 4 is 23.2 Å². The van der Waals surface area contributed by atoms with Gasteiger partial charge in [0.15, 0.2) is 0 Å². The number of hydrogen-bond acceptors (Lipinski definition) is 2. The normalized spacial score (nSPS) is 11.4. The summed E-state index contributed by atoms with van der Waals surface area (Å²) in [6, 6.07) is 3.52. The number of halogens is 2. The summed E-state index contributed by atoms with van der Waals surface area (Å²) >= 11 is 11.9. The molecular formula is C12H18Cl2N2. The van der Waals surface area contributed by atoms with Gasteiger partial charge in [0.2, 0.25) is 0 Å². The Kier molecular flexibility index (Phi) is 5.53. The molecular weight excluding hydrogens is 243 g/mol. The molecule has 0 saturated carbocycles. The van der Waals surface area contributed by atoms with E-state index in [1.54, 1.807) is 12.1 Å². The van der Waals surface area contributed by atoms with Crippen molar-refractivity contribution in [3.05, 3.63) is 28.0 Å². The molecule has 0 fully saturated rings. The molecule has 2 nitrogen and oxygen atoms in total. The van der Waals surface area contributed by atoms with Gasteiger partial charge in [0, 0.05) is 13.1 Å². The zero-order chi connectivity index (χ0) is 12.1. The van der Waals surface area contributed by atoms with Crippen LogP contribution in [0.25, 0.3) is 0 Å². The van der Waals surface area contributed by atoms with Crippen molar-refractivity contribution in [2.24, 2.45) is 5.92 Å². The van der Waals surface area contributed by atoms with Crippen LogP contribution < -0.4 is 0 Å². The lowest BCUT2D eigenvalue weighted by molar-refractivity contribution is 0.246. The van der Waals surface area contributed by atoms with Gasteiger partial charge in [-0.1, -0.05) is 44.0 Å². The van der Waals surface area contributed by atoms with E-state index < -0.39 is 0 Å². The SMILES string of the molecule is CCN(Cc1nc(Cl)ccc1Cl)CC(C)C. The van der Waals surface area contributed by atoms with Gasteiger partial charge in [0.25, 0.3) is 0 Å². The molecule has 0 spiro atoms. The fraction of sp³-hybridized carbons (Fsp3) is 0.583. The topological polar surface area (TPSA) is 16.1 Å². The van der Waals surface area contributed by atoms with E-state index >= 15 is 0 Å². The minimum atomic E-state index is 0.500. The zero-order valence-corrected chi connectivity index (χ0v) is 11.5. The first kappa shape index (κ1) is 13.8. The van der Waals surface area contributed by atoms with E-state index in [0.717, 1.165) is 25.3 Å². The molecule has 0 N–H and O–H groups in total. The summed E-state index contributed by atoms with van der Waals surface area (Å²) in [5.74, 6) is 0.637. The van der Waals surface area contributed by atoms with Crippen LogP contribution in [0.15, 0.2) is 12.1 Å². The number of aromatic nitrogens is 1. The molecule has 90 valence electrons. The summed E-state index contributed by atoms with van der Waals surface area (Å²) in [5.41, 5.74) is 0.858. The van der Waals surface area contributed by atoms with Crippen LogP contribution in [-0.4, -0.2) is 23.0 Å². The van der Waals surface area contributed by atoms with Gasteiger partial charge < -0.3 is 0 Å². The molecule has 0 aromatic carbocycles. The average molecular weight is 261 g/mol. The Morgan fingerprint density at radius 3 is 2.56 bits per heavy atom. The van der Waals surface area contributed by atoms with Crippen LogP contribution in [0.1, 0.15) is 26.5 Å². The number of rotatable bonds is 5. The van der Waals surface area contributed by atoms with Gasteiger partial charge in [-0.25, -0.2) is 4.98 Å². The lowest BCUT2D eigenvalue weighted by Gasteiger charge is -2.22. The van der Waals surface area contributed by atoms with Gasteiger partial charge in [-0.15, -0.1) is 0 Å². The van der Waals surface area contributed by atoms with Crippen LogP contribution in [0.4, 0.5) is 0 Å². The van der Waals surface area contributed by atoms with Gasteiger partial charge in [-0.05, 0) is 24.6 Å². The van der Waals surface area contributed by atoms with Crippen LogP contribution in [0.5, 0.6) is 0 Å². The van der Waals surface area contributed by atoms with Gasteiger partial charge in [-0.3, -0.25) is 4.90 Å². The van der Waals surface area contributed by atoms with Gasteiger partial charge in [-0.2, -0.15) is 0 Å². The second kappa shape index (κ2) is 6.43. The summed E-state index contributed by atoms with van der Waals surface area (Å²) in [7, 11) is 0. The number of nitrogens with zero attached hydrogens (tertiary/aromatic N) is 2. The third-order valence-electron chi connectivity index (χ3n) is 2.33. The molecule has 4 heteroatoms. The first-order valence-corrected chi connectivity index (χ1v) is 6.31. The first-order valence-electron chi connectivity index (χ1n) is 5.56. The molecule has 1 rings (SSSR count). The number of hydrogen-bond donors (Lipinski definition) is 0. The predicted octanol–water partition coefficient (Wildman–Crippen LogP) is 3.87. The Labute approximate surface area is 108 Å². The van der Waals surface area contributed by atoms with Crippen LogP contribution in [0, 0.1) is 5.92 Å². The quantitative estimate of drug-likeness (QED) is 0.748. The fourth-order valence-corrected chi connectivity index (χ4v) is 1.93. The van der Waals surface area contributed by atoms with E-state index in [-0.39, 0.29) is 0 Å². The molecule has 1 aromatic rings. The lowest BCUT2D eigenvalue weighted by Crippen LogP contribution is -2.27. The van der Waals surface area contributed by atoms with E-state index in [4.69, 9.17) is 23.2 Å². The molecule has 16 heavy (non-hydrogen) atoms. The molecule has 0 aliphatic carbocycles. The molecule has 1 aromatic heterocycles. The van der Waals surface area contributed by atoms with Gasteiger partial charge in [0.05, 0.1) is 10.7 Å². The Morgan fingerprint density at radius 2 is 2.00 bits per heavy atom. The molecule has 0 saturated heterocycles. The predicted molar refractivity (Wildman–Crippen MR) is 70.0 cm³/mol. The van der Waals surface area contributed by atoms with E-state index in [0.29, 0.717) is 16.1 Å². The molecule has 0 aliphatic heterocycles. The third-order valence-corrected chi connectivity index (χ3v) is 2.88. The molecule has 0 unspecified atom stereocenters. The Bertz CT molecular complexity index is 340. The van der Waals surface area contributed by atoms with Crippen molar-refractivity contribution in [2.75, 3.05) is 13.1 Å². The Balaban J connectivity index is 2.73. The summed E-state index contributed by atoms with van der Waals surface area (Å²) in [6.45, 7) is 9.34. The van der Waals surface area contributed by atoms with Crippen LogP contribution in [-0.2, 0) is 6.54 Å². The van der Waals surface area contributed by atoms with E-state index in [1.807, 2.05) is 0 Å². The van der Waals surface area contributed by atoms with E-state index in [2.05, 4.69) is 30.7 Å². The van der Waals surface area contributed by atoms with Gasteiger partial charge >= 0.3 is 0 Å². The zero-order valence-electron chi connectivity index (χ0n) is 10.0. The monoisotopic (exact) mass is 260 g/mol. The standard InChI is InChI=1S/C12H18Cl2N2/c1-4-16(7-9(2)3)8-11-10(13)5-6-12(14)15-11/h5-6,9H,4,7-8H2,1-3H3. The minimum Gasteiger partial charge on any atom is -0.297 e. The molecule has 0 atom stereocenters. The van der Waals surface area contributed by atoms with Crippen LogP contribution in [0.3, 0.4) is 0 Å². The smallest absolute Gasteiger partial charge is 0.129 e. The van der Waals surface area contributed by atoms with Gasteiger partial charge in [0.1, 0.15) is 5.15 Å². The maximum atomic E-state index is 6.09. The summed E-state index contributed by atoms with van der Waals surface area (Å²) in [4.78, 5) is 6.57. The molecule has 0 amide bonds. The first-order chi connectivity index (χ1) is 7.52. The Morgan fingerprint density at radius 1 is 1.31 bits per heavy atom. The van der Waals surface area contributed by atoms with E-state index in [9.17, 15) is 0 Å². The highest BCUT2D eigenvalue weighted by atomic mass is 35.5. The highest BCUT2D eigenvalue weighted by Crippen LogP contribution is 2.18. The highest BCUT2D eigenvalue weighted by molar-refractivity contribution is 6.32. The summed E-state index contributed by atoms with van der Waals surface area (Å²) in [6.07, 6.45) is 0. The molecule has 0 radical (unpaired) electrons. The Hall–Kier alpha value is -0.310. The molecule has 1 heterocycles. The van der Waals surface area contributed by atoms with Crippen molar-refractivity contribution in [2.45, 2.75) is 27.3 Å². The third kappa shape index (κ3) is 4.28. The second-order valence-electron chi connectivity index (χ2n) is 4.28. The van der Waals surface area contributed by atoms with Crippen molar-refractivity contribution in [1.82, 2.24) is 9.88 Å². The van der Waals surface area contributed by atoms with Crippen LogP contribution >= 0.6 is 23.2 Å². The van der Waals surface area contributed by atoms with Crippen LogP contribution in [0.2, 0.25) is 10.2 Å². The molecule has 0 bridgehead atoms. The highest BCUT2D eigenvalue weighted by Gasteiger charge is 2.10. The largest absolute Gasteiger partial charge is 0.297 e. The number of pyridine rings is 1. The summed E-state index contributed by atoms with van der Waals surface area (Å²) < 4.78 is 0. The fourth-order valence-electron chi connectivity index (χ4n) is 1.60. The maximum Gasteiger partial charge on any atom is 0.129 e. The van der Waals surface area contributed by atoms with E-state index in [1.165, 1.54) is 0 Å². The van der Waals surface area contributed by atoms with Crippen molar-refractivity contribution < 1.29 is 0 Å². The molecule has 0 aliphatic rings. The minimum absolute atomic E-state index is 0.500. The lowest BCUT2D eigenvalue weighted by atomic mass is 10.2. The summed E-state index contributed by atoms with van der Waals surface area (Å²) in [5, 5.41) is 1.19. The van der Waals surface area contributed by atoms with Crippen molar-refractivity contribution in [3.63, 3.8) is 0 Å².